The lowest BCUT2D eigenvalue weighted by atomic mass is 9.94. The highest BCUT2D eigenvalue weighted by Gasteiger charge is 2.35. The third-order valence-corrected chi connectivity index (χ3v) is 3.84. The second-order valence-electron chi connectivity index (χ2n) is 4.96. The zero-order chi connectivity index (χ0) is 12.8. The Morgan fingerprint density at radius 1 is 1.53 bits per heavy atom. The summed E-state index contributed by atoms with van der Waals surface area (Å²) in [6.45, 7) is 6.04. The number of methoxy groups -OCH3 is 1. The number of nitrogens with zero attached hydrogens (tertiary/aromatic N) is 1. The van der Waals surface area contributed by atoms with E-state index in [1.807, 2.05) is 18.7 Å². The molecular formula is C13H26N2O2. The van der Waals surface area contributed by atoms with Crippen LogP contribution in [0.3, 0.4) is 0 Å². The minimum absolute atomic E-state index is 0.138. The summed E-state index contributed by atoms with van der Waals surface area (Å²) in [7, 11) is 1.67. The van der Waals surface area contributed by atoms with Crippen LogP contribution in [-0.2, 0) is 9.53 Å². The largest absolute Gasteiger partial charge is 0.383 e. The first kappa shape index (κ1) is 14.5. The minimum atomic E-state index is 0.138. The quantitative estimate of drug-likeness (QED) is 0.762. The lowest BCUT2D eigenvalue weighted by Gasteiger charge is -2.31. The van der Waals surface area contributed by atoms with Gasteiger partial charge in [-0.05, 0) is 39.2 Å². The van der Waals surface area contributed by atoms with Crippen LogP contribution in [0.25, 0.3) is 0 Å². The van der Waals surface area contributed by atoms with Gasteiger partial charge in [0.25, 0.3) is 0 Å². The third-order valence-electron chi connectivity index (χ3n) is 3.84. The van der Waals surface area contributed by atoms with Crippen molar-refractivity contribution in [3.05, 3.63) is 0 Å². The molecule has 0 aliphatic heterocycles. The van der Waals surface area contributed by atoms with Gasteiger partial charge in [-0.25, -0.2) is 0 Å². The highest BCUT2D eigenvalue weighted by atomic mass is 16.5. The molecule has 2 N–H and O–H groups in total. The van der Waals surface area contributed by atoms with Crippen LogP contribution < -0.4 is 5.73 Å². The second kappa shape index (κ2) is 6.97. The molecule has 0 bridgehead atoms. The SMILES string of the molecule is CCN(C(=O)C1CCCC1CN)C(C)COC. The molecule has 1 aliphatic rings. The predicted octanol–water partition coefficient (Wildman–Crippen LogP) is 1.24. The summed E-state index contributed by atoms with van der Waals surface area (Å²) in [6, 6.07) is 0.150. The Kier molecular flexibility index (Phi) is 5.92. The molecule has 100 valence electrons. The van der Waals surface area contributed by atoms with Crippen molar-refractivity contribution in [1.29, 1.82) is 0 Å². The standard InChI is InChI=1S/C13H26N2O2/c1-4-15(10(2)9-17-3)13(16)12-7-5-6-11(12)8-14/h10-12H,4-9,14H2,1-3H3. The van der Waals surface area contributed by atoms with Crippen molar-refractivity contribution in [2.45, 2.75) is 39.2 Å². The van der Waals surface area contributed by atoms with E-state index in [9.17, 15) is 4.79 Å². The molecule has 1 aliphatic carbocycles. The number of hydrogen-bond donors (Lipinski definition) is 1. The predicted molar refractivity (Wildman–Crippen MR) is 68.6 cm³/mol. The molecule has 1 rings (SSSR count). The van der Waals surface area contributed by atoms with Gasteiger partial charge in [0.05, 0.1) is 12.6 Å². The normalized spacial score (nSPS) is 25.9. The van der Waals surface area contributed by atoms with Gasteiger partial charge in [-0.2, -0.15) is 0 Å². The van der Waals surface area contributed by atoms with Crippen molar-refractivity contribution < 1.29 is 9.53 Å². The van der Waals surface area contributed by atoms with Crippen LogP contribution in [0.1, 0.15) is 33.1 Å². The minimum Gasteiger partial charge on any atom is -0.383 e. The summed E-state index contributed by atoms with van der Waals surface area (Å²) >= 11 is 0. The molecule has 3 unspecified atom stereocenters. The Labute approximate surface area is 104 Å². The molecule has 3 atom stereocenters. The molecule has 1 amide bonds. The molecule has 0 aromatic heterocycles. The molecule has 0 spiro atoms. The van der Waals surface area contributed by atoms with Crippen LogP contribution in [-0.4, -0.2) is 43.7 Å². The molecule has 1 saturated carbocycles. The Morgan fingerprint density at radius 2 is 2.24 bits per heavy atom. The maximum Gasteiger partial charge on any atom is 0.226 e. The molecule has 0 saturated heterocycles. The zero-order valence-electron chi connectivity index (χ0n) is 11.3. The van der Waals surface area contributed by atoms with Crippen molar-refractivity contribution >= 4 is 5.91 Å². The van der Waals surface area contributed by atoms with Crippen LogP contribution in [0, 0.1) is 11.8 Å². The summed E-state index contributed by atoms with van der Waals surface area (Å²) in [6.07, 6.45) is 3.23. The Bertz CT molecular complexity index is 246. The Hall–Kier alpha value is -0.610. The van der Waals surface area contributed by atoms with E-state index in [0.717, 1.165) is 25.8 Å². The number of ether oxygens (including phenoxy) is 1. The van der Waals surface area contributed by atoms with E-state index < -0.39 is 0 Å². The molecule has 0 aromatic carbocycles. The van der Waals surface area contributed by atoms with Gasteiger partial charge in [0.15, 0.2) is 0 Å². The van der Waals surface area contributed by atoms with Crippen LogP contribution in [0.5, 0.6) is 0 Å². The van der Waals surface area contributed by atoms with Gasteiger partial charge in [0.1, 0.15) is 0 Å². The lowest BCUT2D eigenvalue weighted by Crippen LogP contribution is -2.45. The molecule has 0 heterocycles. The van der Waals surface area contributed by atoms with E-state index in [1.165, 1.54) is 0 Å². The van der Waals surface area contributed by atoms with E-state index >= 15 is 0 Å². The summed E-state index contributed by atoms with van der Waals surface area (Å²) in [5, 5.41) is 0. The first-order valence-electron chi connectivity index (χ1n) is 6.65. The molecule has 1 fully saturated rings. The van der Waals surface area contributed by atoms with Crippen molar-refractivity contribution in [3.63, 3.8) is 0 Å². The first-order valence-corrected chi connectivity index (χ1v) is 6.65. The molecule has 0 aromatic rings. The summed E-state index contributed by atoms with van der Waals surface area (Å²) < 4.78 is 5.13. The molecule has 0 radical (unpaired) electrons. The number of carbonyl (C=O) groups excluding carboxylic acids is 1. The van der Waals surface area contributed by atoms with Crippen LogP contribution >= 0.6 is 0 Å². The monoisotopic (exact) mass is 242 g/mol. The Balaban J connectivity index is 2.65. The Morgan fingerprint density at radius 3 is 2.76 bits per heavy atom. The molecular weight excluding hydrogens is 216 g/mol. The highest BCUT2D eigenvalue weighted by Crippen LogP contribution is 2.32. The van der Waals surface area contributed by atoms with Gasteiger partial charge in [0.2, 0.25) is 5.91 Å². The first-order chi connectivity index (χ1) is 8.15. The number of nitrogens with two attached hydrogens (primary N) is 1. The number of carbonyl (C=O) groups is 1. The number of likely N-dealkylation sites (N-methyl/N-ethyl adjacent to an activating group) is 1. The molecule has 4 heteroatoms. The van der Waals surface area contributed by atoms with Crippen molar-refractivity contribution in [1.82, 2.24) is 4.90 Å². The smallest absolute Gasteiger partial charge is 0.226 e. The maximum atomic E-state index is 12.5. The number of amides is 1. The lowest BCUT2D eigenvalue weighted by molar-refractivity contribution is -0.139. The van der Waals surface area contributed by atoms with Gasteiger partial charge in [0, 0.05) is 19.6 Å². The van der Waals surface area contributed by atoms with Crippen LogP contribution in [0.2, 0.25) is 0 Å². The fourth-order valence-electron chi connectivity index (χ4n) is 2.87. The summed E-state index contributed by atoms with van der Waals surface area (Å²) in [5.41, 5.74) is 5.74. The summed E-state index contributed by atoms with van der Waals surface area (Å²) in [5.74, 6) is 0.788. The average molecular weight is 242 g/mol. The van der Waals surface area contributed by atoms with E-state index in [1.54, 1.807) is 7.11 Å². The van der Waals surface area contributed by atoms with Crippen molar-refractivity contribution in [2.75, 3.05) is 26.8 Å². The number of hydrogen-bond acceptors (Lipinski definition) is 3. The van der Waals surface area contributed by atoms with Crippen LogP contribution in [0.4, 0.5) is 0 Å². The van der Waals surface area contributed by atoms with Gasteiger partial charge < -0.3 is 15.4 Å². The van der Waals surface area contributed by atoms with Gasteiger partial charge >= 0.3 is 0 Å². The number of rotatable bonds is 6. The van der Waals surface area contributed by atoms with Crippen molar-refractivity contribution in [3.8, 4) is 0 Å². The maximum absolute atomic E-state index is 12.5. The van der Waals surface area contributed by atoms with Gasteiger partial charge in [-0.15, -0.1) is 0 Å². The van der Waals surface area contributed by atoms with Gasteiger partial charge in [-0.1, -0.05) is 6.42 Å². The molecule has 17 heavy (non-hydrogen) atoms. The van der Waals surface area contributed by atoms with Crippen LogP contribution in [0.15, 0.2) is 0 Å². The van der Waals surface area contributed by atoms with Gasteiger partial charge in [-0.3, -0.25) is 4.79 Å². The van der Waals surface area contributed by atoms with E-state index in [4.69, 9.17) is 10.5 Å². The molecule has 4 nitrogen and oxygen atoms in total. The third kappa shape index (κ3) is 3.42. The highest BCUT2D eigenvalue weighted by molar-refractivity contribution is 5.79. The van der Waals surface area contributed by atoms with E-state index in [2.05, 4.69) is 0 Å². The average Bonchev–Trinajstić information content (AvgIpc) is 2.78. The van der Waals surface area contributed by atoms with E-state index in [0.29, 0.717) is 19.1 Å². The second-order valence-corrected chi connectivity index (χ2v) is 4.96. The topological polar surface area (TPSA) is 55.6 Å². The van der Waals surface area contributed by atoms with E-state index in [-0.39, 0.29) is 17.9 Å². The summed E-state index contributed by atoms with van der Waals surface area (Å²) in [4.78, 5) is 14.4. The fraction of sp³-hybridized carbons (Fsp3) is 0.923. The van der Waals surface area contributed by atoms with Crippen molar-refractivity contribution in [2.24, 2.45) is 17.6 Å². The fourth-order valence-corrected chi connectivity index (χ4v) is 2.87. The zero-order valence-corrected chi connectivity index (χ0v) is 11.3.